The summed E-state index contributed by atoms with van der Waals surface area (Å²) in [5.41, 5.74) is 13.5. The molecule has 1 saturated heterocycles. The van der Waals surface area contributed by atoms with E-state index in [9.17, 15) is 93.0 Å². The molecule has 96 heavy (non-hydrogen) atoms. The number of nitrogens with one attached hydrogen (secondary N) is 10. The van der Waals surface area contributed by atoms with Crippen LogP contribution in [0.5, 0.6) is 5.75 Å². The van der Waals surface area contributed by atoms with E-state index >= 15 is 0 Å². The fourth-order valence-corrected chi connectivity index (χ4v) is 10.7. The van der Waals surface area contributed by atoms with Crippen molar-refractivity contribution in [1.82, 2.24) is 57.7 Å². The van der Waals surface area contributed by atoms with Gasteiger partial charge in [-0.05, 0) is 78.8 Å². The molecule has 2 heterocycles. The Labute approximate surface area is 552 Å². The lowest BCUT2D eigenvalue weighted by Crippen LogP contribution is -2.62. The van der Waals surface area contributed by atoms with Crippen LogP contribution in [0.3, 0.4) is 0 Å². The van der Waals surface area contributed by atoms with Gasteiger partial charge in [0.1, 0.15) is 66.2 Å². The zero-order valence-electron chi connectivity index (χ0n) is 53.6. The first-order valence-electron chi connectivity index (χ1n) is 31.2. The minimum atomic E-state index is -1.83. The molecule has 0 bridgehead atoms. The minimum Gasteiger partial charge on any atom is -0.508 e. The van der Waals surface area contributed by atoms with Gasteiger partial charge in [-0.3, -0.25) is 57.5 Å². The third-order valence-electron chi connectivity index (χ3n) is 15.6. The first-order chi connectivity index (χ1) is 45.5. The second-order valence-corrected chi connectivity index (χ2v) is 24.2. The van der Waals surface area contributed by atoms with Crippen molar-refractivity contribution >= 4 is 87.8 Å². The van der Waals surface area contributed by atoms with E-state index in [-0.39, 0.29) is 69.1 Å². The minimum absolute atomic E-state index is 0.0111. The summed E-state index contributed by atoms with van der Waals surface area (Å²) in [4.78, 5) is 180. The smallest absolute Gasteiger partial charge is 0.326 e. The van der Waals surface area contributed by atoms with Crippen LogP contribution in [0, 0.1) is 11.8 Å². The number of hydrogen-bond acceptors (Lipinski definition) is 18. The molecule has 1 aliphatic rings. The molecule has 0 spiro atoms. The van der Waals surface area contributed by atoms with Crippen molar-refractivity contribution in [3.05, 3.63) is 102 Å². The molecule has 11 amide bonds. The molecule has 4 aromatic rings. The Bertz CT molecular complexity index is 3390. The lowest BCUT2D eigenvalue weighted by atomic mass is 10.0. The van der Waals surface area contributed by atoms with Crippen LogP contribution in [-0.2, 0) is 81.6 Å². The number of carbonyl (C=O) groups excluding carboxylic acids is 11. The molecule has 3 aromatic carbocycles. The third-order valence-corrected chi connectivity index (χ3v) is 15.6. The van der Waals surface area contributed by atoms with Gasteiger partial charge in [-0.15, -0.1) is 0 Å². The van der Waals surface area contributed by atoms with Crippen LogP contribution in [0.25, 0.3) is 10.9 Å². The average molecular weight is 1340 g/mol. The number of carboxylic acid groups (broad SMARTS) is 2. The number of aromatic amines is 1. The molecule has 5 rings (SSSR count). The second-order valence-electron chi connectivity index (χ2n) is 24.2. The van der Waals surface area contributed by atoms with E-state index in [2.05, 4.69) is 52.8 Å². The Balaban J connectivity index is 1.35. The number of amides is 11. The highest BCUT2D eigenvalue weighted by molar-refractivity contribution is 6.00. The molecule has 20 N–H and O–H groups in total. The summed E-state index contributed by atoms with van der Waals surface area (Å²) >= 11 is 0. The number of aliphatic carboxylic acids is 2. The average Bonchev–Trinajstić information content (AvgIpc) is 1.62. The van der Waals surface area contributed by atoms with E-state index in [0.29, 0.717) is 27.6 Å². The van der Waals surface area contributed by atoms with Gasteiger partial charge in [0.05, 0.1) is 32.3 Å². The Morgan fingerprint density at radius 2 is 0.990 bits per heavy atom. The van der Waals surface area contributed by atoms with Gasteiger partial charge in [-0.1, -0.05) is 88.4 Å². The highest BCUT2D eigenvalue weighted by Crippen LogP contribution is 2.22. The number of aromatic hydroxyl groups is 1. The number of hydrogen-bond donors (Lipinski definition) is 18. The predicted octanol–water partition coefficient (Wildman–Crippen LogP) is -3.52. The Morgan fingerprint density at radius 1 is 0.531 bits per heavy atom. The van der Waals surface area contributed by atoms with Crippen LogP contribution in [0.15, 0.2) is 85.1 Å². The van der Waals surface area contributed by atoms with Crippen LogP contribution in [0.4, 0.5) is 0 Å². The van der Waals surface area contributed by atoms with Crippen molar-refractivity contribution in [3.8, 4) is 5.75 Å². The third kappa shape index (κ3) is 23.4. The number of phenols is 1. The monoisotopic (exact) mass is 1340 g/mol. The van der Waals surface area contributed by atoms with Crippen LogP contribution < -0.4 is 59.3 Å². The number of nitrogens with two attached hydrogens (primary N) is 2. The number of carboxylic acids is 2. The quantitative estimate of drug-likeness (QED) is 0.0207. The van der Waals surface area contributed by atoms with Gasteiger partial charge >= 0.3 is 11.9 Å². The standard InChI is InChI=1S/C64H87N13O19/c1-33(2)23-40(65)54(85)69-43(26-36-16-18-38(81)19-17-36)57(88)74-48(30-78)61(92)76-50(32-80)63(94)77-22-10-15-51(77)62(93)75-49(31-79)60(91)70-44(25-35-11-6-5-7-12-35)56(87)71-45(27-37-29-67-41-14-9-8-13-39(37)41)58(89)68-42(20-21-53(83)84)55(86)72-46(28-52(66)82)59(90)73-47(64(95)96)24-34(3)4/h5-9,11-14,16-19,29,33-34,40,42-51,67,78-81H,10,15,20-28,30-32,65H2,1-4H3,(H2,66,82)(H,68,89)(H,69,85)(H,70,91)(H,71,87)(H,72,86)(H,73,90)(H,74,88)(H,75,93)(H,76,92)(H,83,84)(H,95,96)/t40-,42-,43-,44-,45-,46-,47-,48-,49-,50-,51-/m0/s1. The Morgan fingerprint density at radius 3 is 1.54 bits per heavy atom. The summed E-state index contributed by atoms with van der Waals surface area (Å²) < 4.78 is 0. The number of nitrogens with zero attached hydrogens (tertiary/aromatic N) is 1. The molecular weight excluding hydrogens is 1250 g/mol. The number of fused-ring (bicyclic) bond motifs is 1. The number of carbonyl (C=O) groups is 13. The Kier molecular flexibility index (Phi) is 29.7. The van der Waals surface area contributed by atoms with E-state index in [1.165, 1.54) is 24.3 Å². The molecule has 522 valence electrons. The number of phenolic OH excluding ortho intramolecular Hbond substituents is 1. The second kappa shape index (κ2) is 37.1. The van der Waals surface area contributed by atoms with Gasteiger partial charge in [-0.25, -0.2) is 4.79 Å². The van der Waals surface area contributed by atoms with Crippen LogP contribution >= 0.6 is 0 Å². The summed E-state index contributed by atoms with van der Waals surface area (Å²) in [6.45, 7) is 3.77. The zero-order chi connectivity index (χ0) is 70.9. The number of benzene rings is 3. The van der Waals surface area contributed by atoms with E-state index in [1.807, 2.05) is 13.8 Å². The fourth-order valence-electron chi connectivity index (χ4n) is 10.7. The summed E-state index contributed by atoms with van der Waals surface area (Å²) in [5, 5.41) is 82.9. The molecule has 32 heteroatoms. The topological polar surface area (TPSA) is 523 Å². The van der Waals surface area contributed by atoms with Crippen molar-refractivity contribution in [2.75, 3.05) is 26.4 Å². The number of aromatic nitrogens is 1. The zero-order valence-corrected chi connectivity index (χ0v) is 53.6. The lowest BCUT2D eigenvalue weighted by molar-refractivity contribution is -0.143. The first kappa shape index (κ1) is 76.7. The number of aliphatic hydroxyl groups is 3. The number of aliphatic hydroxyl groups excluding tert-OH is 3. The number of H-pyrrole nitrogens is 1. The summed E-state index contributed by atoms with van der Waals surface area (Å²) in [6.07, 6.45) is -1.07. The Hall–Kier alpha value is -10.1. The van der Waals surface area contributed by atoms with E-state index in [1.54, 1.807) is 74.6 Å². The highest BCUT2D eigenvalue weighted by atomic mass is 16.4. The molecule has 1 fully saturated rings. The first-order valence-corrected chi connectivity index (χ1v) is 31.2. The van der Waals surface area contributed by atoms with E-state index in [4.69, 9.17) is 11.5 Å². The summed E-state index contributed by atoms with van der Waals surface area (Å²) in [7, 11) is 0. The van der Waals surface area contributed by atoms with Crippen molar-refractivity contribution in [2.45, 2.75) is 158 Å². The normalized spacial score (nSPS) is 16.0. The van der Waals surface area contributed by atoms with Gasteiger partial charge in [-0.2, -0.15) is 0 Å². The number of para-hydroxylation sites is 1. The van der Waals surface area contributed by atoms with Gasteiger partial charge < -0.3 is 99.8 Å². The maximum absolute atomic E-state index is 14.8. The predicted molar refractivity (Wildman–Crippen MR) is 343 cm³/mol. The SMILES string of the molecule is CC(C)C[C@H](NC(=O)[C@H](CC(N)=O)NC(=O)[C@H](CCC(=O)O)NC(=O)[C@H](Cc1c[nH]c2ccccc12)NC(=O)[C@H](Cc1ccccc1)NC(=O)[C@H](CO)NC(=O)[C@@H]1CCCN1C(=O)[C@H](CO)NC(=O)[C@H](CO)NC(=O)[C@H](Cc1ccc(O)cc1)NC(=O)[C@@H](N)CC(C)C)C(=O)O. The number of rotatable bonds is 38. The number of likely N-dealkylation sites (tertiary alicyclic amines) is 1. The van der Waals surface area contributed by atoms with Crippen molar-refractivity contribution < 1.29 is 93.0 Å². The van der Waals surface area contributed by atoms with E-state index < -0.39 is 182 Å². The van der Waals surface area contributed by atoms with E-state index in [0.717, 1.165) is 4.90 Å². The molecule has 0 radical (unpaired) electrons. The summed E-state index contributed by atoms with van der Waals surface area (Å²) in [5.74, 6) is -14.6. The fraction of sp³-hybridized carbons (Fsp3) is 0.484. The largest absolute Gasteiger partial charge is 0.508 e. The highest BCUT2D eigenvalue weighted by Gasteiger charge is 2.41. The molecule has 0 unspecified atom stereocenters. The van der Waals surface area contributed by atoms with Gasteiger partial charge in [0, 0.05) is 49.3 Å². The van der Waals surface area contributed by atoms with Crippen molar-refractivity contribution in [3.63, 3.8) is 0 Å². The molecule has 1 aromatic heterocycles. The maximum Gasteiger partial charge on any atom is 0.326 e. The van der Waals surface area contributed by atoms with Crippen LogP contribution in [0.2, 0.25) is 0 Å². The lowest BCUT2D eigenvalue weighted by Gasteiger charge is -2.30. The van der Waals surface area contributed by atoms with Crippen LogP contribution in [-0.4, -0.2) is 210 Å². The molecule has 32 nitrogen and oxygen atoms in total. The molecular formula is C64H87N13O19. The van der Waals surface area contributed by atoms with Gasteiger partial charge in [0.15, 0.2) is 0 Å². The molecule has 0 aliphatic carbocycles. The van der Waals surface area contributed by atoms with Crippen LogP contribution in [0.1, 0.15) is 89.3 Å². The molecule has 0 saturated carbocycles. The maximum atomic E-state index is 14.8. The van der Waals surface area contributed by atoms with Crippen molar-refractivity contribution in [1.29, 1.82) is 0 Å². The van der Waals surface area contributed by atoms with Crippen molar-refractivity contribution in [2.24, 2.45) is 23.3 Å². The van der Waals surface area contributed by atoms with Gasteiger partial charge in [0.25, 0.3) is 0 Å². The van der Waals surface area contributed by atoms with Gasteiger partial charge in [0.2, 0.25) is 65.0 Å². The molecule has 1 aliphatic heterocycles. The molecule has 11 atom stereocenters. The summed E-state index contributed by atoms with van der Waals surface area (Å²) in [6, 6.07) is 3.18. The number of primary amides is 1.